The Morgan fingerprint density at radius 1 is 1.11 bits per heavy atom. The van der Waals surface area contributed by atoms with E-state index in [1.807, 2.05) is 6.26 Å². The normalized spacial score (nSPS) is 11.6. The van der Waals surface area contributed by atoms with E-state index in [2.05, 4.69) is 32.1 Å². The highest BCUT2D eigenvalue weighted by molar-refractivity contribution is 9.10. The monoisotopic (exact) mass is 467 g/mol. The molecule has 3 amide bonds. The number of benzene rings is 1. The molecule has 0 saturated heterocycles. The van der Waals surface area contributed by atoms with Crippen molar-refractivity contribution in [3.05, 3.63) is 57.5 Å². The first-order chi connectivity index (χ1) is 13.3. The minimum atomic E-state index is -0.792. The molecule has 0 aliphatic rings. The molecule has 28 heavy (non-hydrogen) atoms. The number of aryl methyl sites for hydroxylation is 2. The van der Waals surface area contributed by atoms with Gasteiger partial charge in [-0.15, -0.1) is 0 Å². The number of halogens is 1. The molecule has 0 fully saturated rings. The Balaban J connectivity index is 2.02. The van der Waals surface area contributed by atoms with Gasteiger partial charge in [0.1, 0.15) is 17.6 Å². The van der Waals surface area contributed by atoms with E-state index in [1.54, 1.807) is 55.9 Å². The molecule has 1 atom stereocenters. The Morgan fingerprint density at radius 2 is 1.82 bits per heavy atom. The van der Waals surface area contributed by atoms with Crippen LogP contribution in [0.5, 0.6) is 0 Å². The molecule has 0 aliphatic carbocycles. The van der Waals surface area contributed by atoms with Gasteiger partial charge in [0.05, 0.1) is 11.1 Å². The van der Waals surface area contributed by atoms with Gasteiger partial charge >= 0.3 is 0 Å². The van der Waals surface area contributed by atoms with Crippen LogP contribution in [0.15, 0.2) is 39.2 Å². The van der Waals surface area contributed by atoms with E-state index in [-0.39, 0.29) is 5.91 Å². The topological polar surface area (TPSA) is 100 Å². The fourth-order valence-electron chi connectivity index (χ4n) is 2.51. The molecule has 0 bridgehead atoms. The van der Waals surface area contributed by atoms with Gasteiger partial charge in [0, 0.05) is 4.47 Å². The Bertz CT molecular complexity index is 869. The summed E-state index contributed by atoms with van der Waals surface area (Å²) in [5, 5.41) is 2.72. The van der Waals surface area contributed by atoms with Crippen molar-refractivity contribution in [1.82, 2.24) is 16.2 Å². The molecule has 9 heteroatoms. The number of furan rings is 1. The van der Waals surface area contributed by atoms with Crippen LogP contribution < -0.4 is 16.2 Å². The number of hydrogen-bond acceptors (Lipinski definition) is 5. The first kappa shape index (κ1) is 22.0. The summed E-state index contributed by atoms with van der Waals surface area (Å²) in [6, 6.07) is 7.76. The third kappa shape index (κ3) is 5.87. The number of rotatable bonds is 7. The molecule has 0 spiro atoms. The fourth-order valence-corrected chi connectivity index (χ4v) is 3.45. The Morgan fingerprint density at radius 3 is 2.43 bits per heavy atom. The van der Waals surface area contributed by atoms with Crippen molar-refractivity contribution in [2.45, 2.75) is 26.3 Å². The lowest BCUT2D eigenvalue weighted by atomic mass is 10.1. The van der Waals surface area contributed by atoms with Gasteiger partial charge in [0.15, 0.2) is 0 Å². The van der Waals surface area contributed by atoms with Crippen molar-refractivity contribution in [1.29, 1.82) is 0 Å². The number of thioether (sulfide) groups is 1. The maximum absolute atomic E-state index is 12.5. The molecule has 1 aromatic heterocycles. The Kier molecular flexibility index (Phi) is 8.13. The predicted molar refractivity (Wildman–Crippen MR) is 112 cm³/mol. The van der Waals surface area contributed by atoms with E-state index >= 15 is 0 Å². The highest BCUT2D eigenvalue weighted by Crippen LogP contribution is 2.16. The standard InChI is InChI=1S/C19H22BrN3O4S/c1-11-10-14(12(2)27-11)18(25)22-23-19(26)16(8-9-28-3)21-17(24)13-6-4-5-7-15(13)20/h4-7,10,16H,8-9H2,1-3H3,(H,21,24)(H,22,25)(H,23,26)/t16-/m1/s1. The lowest BCUT2D eigenvalue weighted by molar-refractivity contribution is -0.123. The van der Waals surface area contributed by atoms with Gasteiger partial charge in [-0.25, -0.2) is 0 Å². The van der Waals surface area contributed by atoms with Crippen LogP contribution in [-0.4, -0.2) is 35.8 Å². The summed E-state index contributed by atoms with van der Waals surface area (Å²) >= 11 is 4.89. The van der Waals surface area contributed by atoms with Gasteiger partial charge in [0.2, 0.25) is 0 Å². The maximum atomic E-state index is 12.5. The van der Waals surface area contributed by atoms with Crippen molar-refractivity contribution in [2.24, 2.45) is 0 Å². The molecule has 2 rings (SSSR count). The summed E-state index contributed by atoms with van der Waals surface area (Å²) < 4.78 is 5.95. The average Bonchev–Trinajstić information content (AvgIpc) is 3.01. The van der Waals surface area contributed by atoms with Crippen LogP contribution in [0.4, 0.5) is 0 Å². The van der Waals surface area contributed by atoms with E-state index < -0.39 is 17.9 Å². The Hall–Kier alpha value is -2.26. The lowest BCUT2D eigenvalue weighted by Gasteiger charge is -2.18. The highest BCUT2D eigenvalue weighted by atomic mass is 79.9. The first-order valence-corrected chi connectivity index (χ1v) is 10.7. The molecular formula is C19H22BrN3O4S. The van der Waals surface area contributed by atoms with E-state index in [4.69, 9.17) is 4.42 Å². The van der Waals surface area contributed by atoms with Gasteiger partial charge in [-0.3, -0.25) is 25.2 Å². The smallest absolute Gasteiger partial charge is 0.273 e. The molecule has 150 valence electrons. The molecule has 0 unspecified atom stereocenters. The van der Waals surface area contributed by atoms with Crippen LogP contribution in [0.3, 0.4) is 0 Å². The second kappa shape index (κ2) is 10.3. The van der Waals surface area contributed by atoms with Gasteiger partial charge in [0.25, 0.3) is 17.7 Å². The van der Waals surface area contributed by atoms with Crippen molar-refractivity contribution < 1.29 is 18.8 Å². The zero-order valence-electron chi connectivity index (χ0n) is 15.8. The number of carbonyl (C=O) groups excluding carboxylic acids is 3. The van der Waals surface area contributed by atoms with Crippen molar-refractivity contribution in [2.75, 3.05) is 12.0 Å². The molecular weight excluding hydrogens is 446 g/mol. The minimum Gasteiger partial charge on any atom is -0.466 e. The molecule has 0 saturated carbocycles. The quantitative estimate of drug-likeness (QED) is 0.543. The third-order valence-corrected chi connectivity index (χ3v) is 5.27. The van der Waals surface area contributed by atoms with Crippen LogP contribution in [0.2, 0.25) is 0 Å². The number of amides is 3. The number of nitrogens with one attached hydrogen (secondary N) is 3. The minimum absolute atomic E-state index is 0.343. The predicted octanol–water partition coefficient (Wildman–Crippen LogP) is 2.97. The van der Waals surface area contributed by atoms with Crippen LogP contribution in [-0.2, 0) is 4.79 Å². The molecule has 1 aromatic carbocycles. The lowest BCUT2D eigenvalue weighted by Crippen LogP contribution is -2.52. The average molecular weight is 468 g/mol. The van der Waals surface area contributed by atoms with Crippen LogP contribution in [0.25, 0.3) is 0 Å². The fraction of sp³-hybridized carbons (Fsp3) is 0.316. The first-order valence-electron chi connectivity index (χ1n) is 8.55. The van der Waals surface area contributed by atoms with Crippen molar-refractivity contribution in [3.8, 4) is 0 Å². The second-order valence-electron chi connectivity index (χ2n) is 6.06. The zero-order chi connectivity index (χ0) is 20.7. The molecule has 0 aliphatic heterocycles. The van der Waals surface area contributed by atoms with Crippen LogP contribution in [0.1, 0.15) is 38.7 Å². The number of carbonyl (C=O) groups is 3. The van der Waals surface area contributed by atoms with Crippen molar-refractivity contribution >= 4 is 45.4 Å². The number of hydrogen-bond donors (Lipinski definition) is 3. The van der Waals surface area contributed by atoms with E-state index in [1.165, 1.54) is 0 Å². The third-order valence-electron chi connectivity index (χ3n) is 3.94. The SMILES string of the molecule is CSCC[C@@H](NC(=O)c1ccccc1Br)C(=O)NNC(=O)c1cc(C)oc1C. The van der Waals surface area contributed by atoms with Crippen LogP contribution >= 0.6 is 27.7 Å². The van der Waals surface area contributed by atoms with Gasteiger partial charge in [-0.1, -0.05) is 12.1 Å². The molecule has 1 heterocycles. The van der Waals surface area contributed by atoms with Crippen molar-refractivity contribution in [3.63, 3.8) is 0 Å². The van der Waals surface area contributed by atoms with E-state index in [0.717, 1.165) is 0 Å². The summed E-state index contributed by atoms with van der Waals surface area (Å²) in [6.45, 7) is 3.40. The van der Waals surface area contributed by atoms with Gasteiger partial charge < -0.3 is 9.73 Å². The Labute approximate surface area is 176 Å². The molecule has 2 aromatic rings. The second-order valence-corrected chi connectivity index (χ2v) is 7.90. The summed E-state index contributed by atoms with van der Waals surface area (Å²) in [6.07, 6.45) is 2.33. The van der Waals surface area contributed by atoms with Gasteiger partial charge in [-0.2, -0.15) is 11.8 Å². The summed E-state index contributed by atoms with van der Waals surface area (Å²) in [4.78, 5) is 37.3. The maximum Gasteiger partial charge on any atom is 0.273 e. The summed E-state index contributed by atoms with van der Waals surface area (Å²) in [5.74, 6) is 0.380. The highest BCUT2D eigenvalue weighted by Gasteiger charge is 2.23. The van der Waals surface area contributed by atoms with E-state index in [0.29, 0.717) is 39.3 Å². The molecule has 7 nitrogen and oxygen atoms in total. The summed E-state index contributed by atoms with van der Waals surface area (Å²) in [7, 11) is 0. The molecule has 3 N–H and O–H groups in total. The largest absolute Gasteiger partial charge is 0.466 e. The summed E-state index contributed by atoms with van der Waals surface area (Å²) in [5.41, 5.74) is 5.52. The van der Waals surface area contributed by atoms with Gasteiger partial charge in [-0.05, 0) is 66.4 Å². The zero-order valence-corrected chi connectivity index (χ0v) is 18.2. The molecule has 0 radical (unpaired) electrons. The number of hydrazine groups is 1. The van der Waals surface area contributed by atoms with Crippen LogP contribution in [0, 0.1) is 13.8 Å². The van der Waals surface area contributed by atoms with E-state index in [9.17, 15) is 14.4 Å².